The number of hydrogen-bond donors (Lipinski definition) is 1. The van der Waals surface area contributed by atoms with Crippen LogP contribution in [0.5, 0.6) is 0 Å². The minimum Gasteiger partial charge on any atom is -0.305 e. The minimum absolute atomic E-state index is 0.0189. The molecule has 2 fully saturated rings. The Bertz CT molecular complexity index is 238. The van der Waals surface area contributed by atoms with Gasteiger partial charge >= 0.3 is 6.18 Å². The predicted molar refractivity (Wildman–Crippen MR) is 60.9 cm³/mol. The van der Waals surface area contributed by atoms with Gasteiger partial charge in [-0.05, 0) is 38.1 Å². The molecule has 1 atom stereocenters. The van der Waals surface area contributed by atoms with E-state index in [1.807, 2.05) is 0 Å². The topological polar surface area (TPSA) is 15.3 Å². The number of piperidine rings is 1. The highest BCUT2D eigenvalue weighted by molar-refractivity contribution is 4.82. The number of alkyl halides is 3. The van der Waals surface area contributed by atoms with E-state index in [2.05, 4.69) is 10.2 Å². The van der Waals surface area contributed by atoms with Crippen molar-refractivity contribution in [2.24, 2.45) is 5.92 Å². The van der Waals surface area contributed by atoms with Crippen molar-refractivity contribution in [3.63, 3.8) is 0 Å². The van der Waals surface area contributed by atoms with E-state index in [4.69, 9.17) is 0 Å². The summed E-state index contributed by atoms with van der Waals surface area (Å²) in [7, 11) is 0. The summed E-state index contributed by atoms with van der Waals surface area (Å²) >= 11 is 0. The second-order valence-electron chi connectivity index (χ2n) is 5.39. The van der Waals surface area contributed by atoms with Crippen molar-refractivity contribution in [2.45, 2.75) is 44.3 Å². The predicted octanol–water partition coefficient (Wildman–Crippen LogP) is 2.40. The fourth-order valence-corrected chi connectivity index (χ4v) is 2.69. The Morgan fingerprint density at radius 1 is 1.12 bits per heavy atom. The van der Waals surface area contributed by atoms with E-state index in [1.165, 1.54) is 19.3 Å². The first-order valence-corrected chi connectivity index (χ1v) is 6.55. The molecule has 2 nitrogen and oxygen atoms in total. The molecule has 0 bridgehead atoms. The van der Waals surface area contributed by atoms with Gasteiger partial charge in [-0.25, -0.2) is 0 Å². The molecule has 1 heterocycles. The first-order valence-electron chi connectivity index (χ1n) is 6.55. The SMILES string of the molecule is FC(F)(F)CNC1CCCN(CC2CCC2)C1. The molecule has 0 radical (unpaired) electrons. The van der Waals surface area contributed by atoms with Crippen LogP contribution in [0.4, 0.5) is 13.2 Å². The largest absolute Gasteiger partial charge is 0.401 e. The third-order valence-corrected chi connectivity index (χ3v) is 3.84. The van der Waals surface area contributed by atoms with Crippen LogP contribution in [0.2, 0.25) is 0 Å². The summed E-state index contributed by atoms with van der Waals surface area (Å²) < 4.78 is 36.3. The Morgan fingerprint density at radius 2 is 1.88 bits per heavy atom. The molecule has 0 spiro atoms. The van der Waals surface area contributed by atoms with Gasteiger partial charge in [0.25, 0.3) is 0 Å². The molecule has 0 aromatic heterocycles. The highest BCUT2D eigenvalue weighted by Gasteiger charge is 2.30. The number of likely N-dealkylation sites (tertiary alicyclic amines) is 1. The van der Waals surface area contributed by atoms with E-state index in [0.717, 1.165) is 38.4 Å². The van der Waals surface area contributed by atoms with Crippen LogP contribution in [0.3, 0.4) is 0 Å². The molecule has 2 aliphatic rings. The molecule has 1 N–H and O–H groups in total. The Balaban J connectivity index is 1.68. The van der Waals surface area contributed by atoms with E-state index in [9.17, 15) is 13.2 Å². The third-order valence-electron chi connectivity index (χ3n) is 3.84. The van der Waals surface area contributed by atoms with Gasteiger partial charge < -0.3 is 10.2 Å². The molecule has 2 rings (SSSR count). The van der Waals surface area contributed by atoms with Gasteiger partial charge in [0.15, 0.2) is 0 Å². The summed E-state index contributed by atoms with van der Waals surface area (Å²) in [6, 6.07) is 0.0189. The van der Waals surface area contributed by atoms with Crippen molar-refractivity contribution in [2.75, 3.05) is 26.2 Å². The molecule has 5 heteroatoms. The molecule has 1 aliphatic heterocycles. The zero-order valence-electron chi connectivity index (χ0n) is 10.1. The monoisotopic (exact) mass is 250 g/mol. The van der Waals surface area contributed by atoms with E-state index < -0.39 is 12.7 Å². The molecule has 1 aliphatic carbocycles. The van der Waals surface area contributed by atoms with Crippen LogP contribution in [0.1, 0.15) is 32.1 Å². The molecule has 1 unspecified atom stereocenters. The van der Waals surface area contributed by atoms with E-state index in [0.29, 0.717) is 0 Å². The molecule has 17 heavy (non-hydrogen) atoms. The number of nitrogens with zero attached hydrogens (tertiary/aromatic N) is 1. The molecule has 0 aromatic rings. The second-order valence-corrected chi connectivity index (χ2v) is 5.39. The van der Waals surface area contributed by atoms with Gasteiger partial charge in [-0.2, -0.15) is 13.2 Å². The maximum absolute atomic E-state index is 12.1. The Morgan fingerprint density at radius 3 is 2.47 bits per heavy atom. The van der Waals surface area contributed by atoms with Gasteiger partial charge in [0.2, 0.25) is 0 Å². The van der Waals surface area contributed by atoms with Crippen LogP contribution >= 0.6 is 0 Å². The molecule has 100 valence electrons. The van der Waals surface area contributed by atoms with Crippen LogP contribution in [0, 0.1) is 5.92 Å². The van der Waals surface area contributed by atoms with Crippen molar-refractivity contribution in [3.05, 3.63) is 0 Å². The summed E-state index contributed by atoms with van der Waals surface area (Å²) in [4.78, 5) is 2.33. The lowest BCUT2D eigenvalue weighted by Crippen LogP contribution is -2.49. The van der Waals surface area contributed by atoms with Crippen LogP contribution in [0.15, 0.2) is 0 Å². The van der Waals surface area contributed by atoms with Gasteiger partial charge in [-0.1, -0.05) is 6.42 Å². The van der Waals surface area contributed by atoms with Crippen molar-refractivity contribution < 1.29 is 13.2 Å². The Kier molecular flexibility index (Phi) is 4.31. The average Bonchev–Trinajstić information content (AvgIpc) is 2.20. The van der Waals surface area contributed by atoms with Crippen molar-refractivity contribution >= 4 is 0 Å². The summed E-state index contributed by atoms with van der Waals surface area (Å²) in [5, 5.41) is 2.63. The molecule has 0 amide bonds. The van der Waals surface area contributed by atoms with Crippen molar-refractivity contribution in [3.8, 4) is 0 Å². The first kappa shape index (κ1) is 13.1. The van der Waals surface area contributed by atoms with E-state index >= 15 is 0 Å². The summed E-state index contributed by atoms with van der Waals surface area (Å²) in [6.45, 7) is 2.08. The van der Waals surface area contributed by atoms with Crippen molar-refractivity contribution in [1.29, 1.82) is 0 Å². The first-order chi connectivity index (χ1) is 8.03. The van der Waals surface area contributed by atoms with Gasteiger partial charge in [0.1, 0.15) is 0 Å². The van der Waals surface area contributed by atoms with Gasteiger partial charge in [0, 0.05) is 19.1 Å². The number of nitrogens with one attached hydrogen (secondary N) is 1. The normalized spacial score (nSPS) is 28.1. The summed E-state index contributed by atoms with van der Waals surface area (Å²) in [6.07, 6.45) is 1.73. The summed E-state index contributed by atoms with van der Waals surface area (Å²) in [5.41, 5.74) is 0. The quantitative estimate of drug-likeness (QED) is 0.824. The highest BCUT2D eigenvalue weighted by atomic mass is 19.4. The third kappa shape index (κ3) is 4.47. The van der Waals surface area contributed by atoms with Gasteiger partial charge in [-0.15, -0.1) is 0 Å². The molecule has 1 saturated carbocycles. The van der Waals surface area contributed by atoms with Crippen LogP contribution in [-0.2, 0) is 0 Å². The fraction of sp³-hybridized carbons (Fsp3) is 1.00. The van der Waals surface area contributed by atoms with Crippen LogP contribution in [-0.4, -0.2) is 43.3 Å². The van der Waals surface area contributed by atoms with Gasteiger partial charge in [0.05, 0.1) is 6.54 Å². The van der Waals surface area contributed by atoms with Crippen LogP contribution < -0.4 is 5.32 Å². The lowest BCUT2D eigenvalue weighted by molar-refractivity contribution is -0.127. The molecular formula is C12H21F3N2. The maximum atomic E-state index is 12.1. The summed E-state index contributed by atoms with van der Waals surface area (Å²) in [5.74, 6) is 0.802. The molecular weight excluding hydrogens is 229 g/mol. The Hall–Kier alpha value is -0.290. The Labute approximate surface area is 101 Å². The maximum Gasteiger partial charge on any atom is 0.401 e. The molecule has 1 saturated heterocycles. The number of halogens is 3. The van der Waals surface area contributed by atoms with Crippen molar-refractivity contribution in [1.82, 2.24) is 10.2 Å². The highest BCUT2D eigenvalue weighted by Crippen LogP contribution is 2.28. The smallest absolute Gasteiger partial charge is 0.305 e. The van der Waals surface area contributed by atoms with Crippen LogP contribution in [0.25, 0.3) is 0 Å². The lowest BCUT2D eigenvalue weighted by atomic mass is 9.84. The zero-order valence-corrected chi connectivity index (χ0v) is 10.1. The molecule has 0 aromatic carbocycles. The number of rotatable bonds is 4. The lowest BCUT2D eigenvalue weighted by Gasteiger charge is -2.37. The van der Waals surface area contributed by atoms with E-state index in [1.54, 1.807) is 0 Å². The zero-order chi connectivity index (χ0) is 12.3. The minimum atomic E-state index is -4.09. The number of hydrogen-bond acceptors (Lipinski definition) is 2. The van der Waals surface area contributed by atoms with Gasteiger partial charge in [-0.3, -0.25) is 0 Å². The average molecular weight is 250 g/mol. The second kappa shape index (κ2) is 5.57. The standard InChI is InChI=1S/C12H21F3N2/c13-12(14,15)9-16-11-5-2-6-17(8-11)7-10-3-1-4-10/h10-11,16H,1-9H2. The van der Waals surface area contributed by atoms with E-state index in [-0.39, 0.29) is 6.04 Å². The fourth-order valence-electron chi connectivity index (χ4n) is 2.69.